The monoisotopic (exact) mass is 705 g/mol. The molecule has 1 amide bonds. The first kappa shape index (κ1) is 30.4. The number of methoxy groups -OCH3 is 1. The van der Waals surface area contributed by atoms with E-state index < -0.39 is 11.9 Å². The smallest absolute Gasteiger partial charge is 0.344 e. The molecule has 0 unspecified atom stereocenters. The van der Waals surface area contributed by atoms with Gasteiger partial charge in [-0.3, -0.25) is 4.79 Å². The summed E-state index contributed by atoms with van der Waals surface area (Å²) in [6.07, 6.45) is 1.71. The van der Waals surface area contributed by atoms with E-state index in [2.05, 4.69) is 45.8 Å². The highest BCUT2D eigenvalue weighted by molar-refractivity contribution is 14.1. The fraction of sp³-hybridized carbons (Fsp3) is 0.147. The van der Waals surface area contributed by atoms with E-state index in [1.165, 1.54) is 0 Å². The number of aryl methyl sites for hydroxylation is 1. The molecule has 1 heterocycles. The number of benzene rings is 4. The molecule has 0 fully saturated rings. The summed E-state index contributed by atoms with van der Waals surface area (Å²) in [5.41, 5.74) is 2.98. The van der Waals surface area contributed by atoms with Gasteiger partial charge in [0.1, 0.15) is 23.0 Å². The number of amides is 1. The van der Waals surface area contributed by atoms with E-state index in [4.69, 9.17) is 14.2 Å². The normalized spacial score (nSPS) is 14.9. The standard InChI is InChI=1S/C34H28INO6S/c1-4-41-34(39)29-30(37)28(43-33(29)36-32(38)23-14-12-20(2)13-15-23)18-21-16-26(35)31(27(17-21)40-3)42-19-24-10-7-9-22-8-5-6-11-25(22)24/h5-18,37H,4,19H2,1-3H3/b28-18-,36-33?. The van der Waals surface area contributed by atoms with E-state index in [0.717, 1.165) is 37.2 Å². The lowest BCUT2D eigenvalue weighted by Gasteiger charge is -2.15. The zero-order valence-corrected chi connectivity index (χ0v) is 26.7. The van der Waals surface area contributed by atoms with Crippen molar-refractivity contribution in [1.29, 1.82) is 0 Å². The highest BCUT2D eigenvalue weighted by Gasteiger charge is 2.34. The van der Waals surface area contributed by atoms with Gasteiger partial charge in [-0.05, 0) is 88.7 Å². The van der Waals surface area contributed by atoms with Gasteiger partial charge < -0.3 is 19.3 Å². The maximum absolute atomic E-state index is 12.9. The molecule has 1 aliphatic heterocycles. The Bertz CT molecular complexity index is 1800. The summed E-state index contributed by atoms with van der Waals surface area (Å²) in [5, 5.41) is 13.4. The SMILES string of the molecule is CCOC(=O)C1=C(O)/C(=C/c2cc(I)c(OCc3cccc4ccccc34)c(OC)c2)SC1=NC(=O)c1ccc(C)cc1. The Hall–Kier alpha value is -4.09. The number of hydrogen-bond donors (Lipinski definition) is 1. The lowest BCUT2D eigenvalue weighted by Crippen LogP contribution is -2.14. The van der Waals surface area contributed by atoms with Crippen LogP contribution in [0.4, 0.5) is 0 Å². The van der Waals surface area contributed by atoms with Gasteiger partial charge in [0, 0.05) is 5.56 Å². The molecule has 0 aliphatic carbocycles. The van der Waals surface area contributed by atoms with Gasteiger partial charge in [-0.15, -0.1) is 0 Å². The quantitative estimate of drug-likeness (QED) is 0.147. The number of hydrogen-bond acceptors (Lipinski definition) is 7. The molecule has 4 aromatic carbocycles. The molecule has 0 aromatic heterocycles. The molecule has 1 aliphatic rings. The molecule has 0 atom stereocenters. The fourth-order valence-corrected chi connectivity index (χ4v) is 6.32. The summed E-state index contributed by atoms with van der Waals surface area (Å²) in [4.78, 5) is 30.2. The van der Waals surface area contributed by atoms with Gasteiger partial charge in [-0.2, -0.15) is 0 Å². The molecule has 0 spiro atoms. The van der Waals surface area contributed by atoms with Crippen LogP contribution in [0.25, 0.3) is 16.8 Å². The van der Waals surface area contributed by atoms with Gasteiger partial charge in [0.05, 0.1) is 22.2 Å². The number of esters is 1. The molecular formula is C34H28INO6S. The largest absolute Gasteiger partial charge is 0.506 e. The average Bonchev–Trinajstić information content (AvgIpc) is 3.30. The third-order valence-electron chi connectivity index (χ3n) is 6.67. The summed E-state index contributed by atoms with van der Waals surface area (Å²) in [5.74, 6) is -0.475. The van der Waals surface area contributed by atoms with E-state index >= 15 is 0 Å². The van der Waals surface area contributed by atoms with Crippen LogP contribution in [0.3, 0.4) is 0 Å². The Kier molecular flexibility index (Phi) is 9.52. The van der Waals surface area contributed by atoms with Gasteiger partial charge in [0.25, 0.3) is 5.91 Å². The highest BCUT2D eigenvalue weighted by atomic mass is 127. The van der Waals surface area contributed by atoms with Gasteiger partial charge in [0.2, 0.25) is 0 Å². The van der Waals surface area contributed by atoms with Crippen LogP contribution in [-0.2, 0) is 16.1 Å². The molecule has 43 heavy (non-hydrogen) atoms. The zero-order valence-electron chi connectivity index (χ0n) is 23.7. The van der Waals surface area contributed by atoms with E-state index in [1.54, 1.807) is 38.3 Å². The first-order valence-corrected chi connectivity index (χ1v) is 15.4. The maximum Gasteiger partial charge on any atom is 0.344 e. The third kappa shape index (κ3) is 6.78. The molecular weight excluding hydrogens is 677 g/mol. The number of aliphatic imine (C=N–C) groups is 1. The molecule has 0 radical (unpaired) electrons. The van der Waals surface area contributed by atoms with Crippen LogP contribution >= 0.6 is 34.4 Å². The van der Waals surface area contributed by atoms with Crippen molar-refractivity contribution >= 4 is 68.1 Å². The molecule has 7 nitrogen and oxygen atoms in total. The van der Waals surface area contributed by atoms with Crippen LogP contribution in [0.5, 0.6) is 11.5 Å². The van der Waals surface area contributed by atoms with Crippen molar-refractivity contribution < 1.29 is 28.9 Å². The number of fused-ring (bicyclic) bond motifs is 1. The predicted octanol–water partition coefficient (Wildman–Crippen LogP) is 8.04. The minimum absolute atomic E-state index is 0.0736. The number of ether oxygens (including phenoxy) is 3. The summed E-state index contributed by atoms with van der Waals surface area (Å²) in [6.45, 7) is 4.05. The van der Waals surface area contributed by atoms with E-state index in [9.17, 15) is 14.7 Å². The van der Waals surface area contributed by atoms with Crippen molar-refractivity contribution in [2.45, 2.75) is 20.5 Å². The lowest BCUT2D eigenvalue weighted by molar-refractivity contribution is -0.138. The van der Waals surface area contributed by atoms with Crippen molar-refractivity contribution in [3.63, 3.8) is 0 Å². The zero-order chi connectivity index (χ0) is 30.5. The van der Waals surface area contributed by atoms with Gasteiger partial charge in [-0.25, -0.2) is 9.79 Å². The Morgan fingerprint density at radius 3 is 2.51 bits per heavy atom. The number of carbonyl (C=O) groups excluding carboxylic acids is 2. The van der Waals surface area contributed by atoms with Crippen LogP contribution in [0.2, 0.25) is 0 Å². The van der Waals surface area contributed by atoms with Crippen LogP contribution in [0.1, 0.15) is 34.0 Å². The average molecular weight is 706 g/mol. The number of halogens is 1. The van der Waals surface area contributed by atoms with Crippen molar-refractivity contribution in [3.05, 3.63) is 121 Å². The Morgan fingerprint density at radius 1 is 1.02 bits per heavy atom. The third-order valence-corrected chi connectivity index (χ3v) is 8.49. The number of carbonyl (C=O) groups is 2. The summed E-state index contributed by atoms with van der Waals surface area (Å²) in [6, 6.07) is 24.9. The van der Waals surface area contributed by atoms with Gasteiger partial charge in [0.15, 0.2) is 11.5 Å². The fourth-order valence-electron chi connectivity index (χ4n) is 4.53. The summed E-state index contributed by atoms with van der Waals surface area (Å²) < 4.78 is 17.9. The topological polar surface area (TPSA) is 94.4 Å². The van der Waals surface area contributed by atoms with E-state index in [-0.39, 0.29) is 23.0 Å². The Balaban J connectivity index is 1.45. The second-order valence-electron chi connectivity index (χ2n) is 9.60. The van der Waals surface area contributed by atoms with Crippen molar-refractivity contribution in [2.75, 3.05) is 13.7 Å². The number of aliphatic hydroxyl groups excluding tert-OH is 1. The number of thioether (sulfide) groups is 1. The van der Waals surface area contributed by atoms with Crippen LogP contribution < -0.4 is 9.47 Å². The first-order valence-electron chi connectivity index (χ1n) is 13.5. The minimum atomic E-state index is -0.754. The van der Waals surface area contributed by atoms with Crippen LogP contribution in [-0.4, -0.2) is 35.7 Å². The Labute approximate surface area is 267 Å². The molecule has 4 aromatic rings. The highest BCUT2D eigenvalue weighted by Crippen LogP contribution is 2.41. The second-order valence-corrected chi connectivity index (χ2v) is 11.8. The lowest BCUT2D eigenvalue weighted by atomic mass is 10.1. The van der Waals surface area contributed by atoms with Gasteiger partial charge in [-0.1, -0.05) is 71.9 Å². The number of rotatable bonds is 8. The van der Waals surface area contributed by atoms with Gasteiger partial charge >= 0.3 is 5.97 Å². The second kappa shape index (κ2) is 13.5. The number of nitrogens with zero attached hydrogens (tertiary/aromatic N) is 1. The van der Waals surface area contributed by atoms with Crippen LogP contribution in [0, 0.1) is 10.5 Å². The molecule has 218 valence electrons. The Morgan fingerprint density at radius 2 is 1.77 bits per heavy atom. The molecule has 1 N–H and O–H groups in total. The summed E-state index contributed by atoms with van der Waals surface area (Å²) >= 11 is 3.21. The molecule has 9 heteroatoms. The first-order chi connectivity index (χ1) is 20.8. The molecule has 0 saturated heterocycles. The van der Waals surface area contributed by atoms with Crippen LogP contribution in [0.15, 0.2) is 100 Å². The molecule has 5 rings (SSSR count). The van der Waals surface area contributed by atoms with E-state index in [0.29, 0.717) is 34.1 Å². The minimum Gasteiger partial charge on any atom is -0.506 e. The predicted molar refractivity (Wildman–Crippen MR) is 179 cm³/mol. The molecule has 0 bridgehead atoms. The van der Waals surface area contributed by atoms with Crippen molar-refractivity contribution in [3.8, 4) is 11.5 Å². The molecule has 0 saturated carbocycles. The number of aliphatic hydroxyl groups is 1. The summed E-state index contributed by atoms with van der Waals surface area (Å²) in [7, 11) is 1.56. The maximum atomic E-state index is 12.9. The van der Waals surface area contributed by atoms with Crippen molar-refractivity contribution in [1.82, 2.24) is 0 Å². The van der Waals surface area contributed by atoms with Crippen molar-refractivity contribution in [2.24, 2.45) is 4.99 Å². The van der Waals surface area contributed by atoms with E-state index in [1.807, 2.05) is 49.4 Å².